The number of rotatable bonds is 2. The molecule has 110 valence electrons. The summed E-state index contributed by atoms with van der Waals surface area (Å²) in [4.78, 5) is 0.539. The van der Waals surface area contributed by atoms with E-state index in [0.717, 1.165) is 6.42 Å². The second-order valence-electron chi connectivity index (χ2n) is 6.03. The predicted octanol–water partition coefficient (Wildman–Crippen LogP) is 5.73. The molecule has 2 aliphatic carbocycles. The van der Waals surface area contributed by atoms with Gasteiger partial charge in [0, 0.05) is 10.2 Å². The number of ether oxygens (including phenoxy) is 1. The summed E-state index contributed by atoms with van der Waals surface area (Å²) in [6.07, 6.45) is 8.84. The van der Waals surface area contributed by atoms with Gasteiger partial charge in [-0.05, 0) is 37.5 Å². The molecule has 1 aromatic rings. The Morgan fingerprint density at radius 3 is 2.50 bits per heavy atom. The van der Waals surface area contributed by atoms with Crippen LogP contribution in [0.15, 0.2) is 18.2 Å². The summed E-state index contributed by atoms with van der Waals surface area (Å²) in [5.74, 6) is 0.291. The standard InChI is InChI=1S/C16H19BrClFO/c17-14-10-15(16(14)7-3-1-2-4-8-16)20-13-6-5-11(19)9-12(13)18/h5-6,9,14-15H,1-4,7-8,10H2. The first-order valence-electron chi connectivity index (χ1n) is 7.37. The molecule has 0 N–H and O–H groups in total. The predicted molar refractivity (Wildman–Crippen MR) is 83.3 cm³/mol. The van der Waals surface area contributed by atoms with Crippen molar-refractivity contribution in [2.24, 2.45) is 5.41 Å². The first-order chi connectivity index (χ1) is 9.62. The third kappa shape index (κ3) is 2.59. The molecule has 3 rings (SSSR count). The van der Waals surface area contributed by atoms with E-state index in [1.807, 2.05) is 0 Å². The molecular formula is C16H19BrClFO. The van der Waals surface area contributed by atoms with Gasteiger partial charge in [0.2, 0.25) is 0 Å². The van der Waals surface area contributed by atoms with E-state index < -0.39 is 0 Å². The Labute approximate surface area is 133 Å². The van der Waals surface area contributed by atoms with Crippen LogP contribution < -0.4 is 4.74 Å². The van der Waals surface area contributed by atoms with E-state index in [9.17, 15) is 4.39 Å². The second kappa shape index (κ2) is 5.84. The fraction of sp³-hybridized carbons (Fsp3) is 0.625. The van der Waals surface area contributed by atoms with Gasteiger partial charge in [0.15, 0.2) is 0 Å². The number of hydrogen-bond donors (Lipinski definition) is 0. The number of halogens is 3. The fourth-order valence-electron chi connectivity index (χ4n) is 3.61. The molecule has 2 atom stereocenters. The van der Waals surface area contributed by atoms with Crippen LogP contribution >= 0.6 is 27.5 Å². The summed E-state index contributed by atoms with van der Waals surface area (Å²) in [6.45, 7) is 0. The minimum Gasteiger partial charge on any atom is -0.488 e. The minimum absolute atomic E-state index is 0.202. The molecule has 0 heterocycles. The SMILES string of the molecule is Fc1ccc(OC2CC(Br)C23CCCCCC3)c(Cl)c1. The van der Waals surface area contributed by atoms with Gasteiger partial charge < -0.3 is 4.74 Å². The molecule has 20 heavy (non-hydrogen) atoms. The van der Waals surface area contributed by atoms with Crippen LogP contribution in [0.1, 0.15) is 44.9 Å². The van der Waals surface area contributed by atoms with E-state index >= 15 is 0 Å². The molecule has 2 aliphatic rings. The Morgan fingerprint density at radius 1 is 1.20 bits per heavy atom. The molecule has 0 bridgehead atoms. The zero-order valence-corrected chi connectivity index (χ0v) is 13.7. The van der Waals surface area contributed by atoms with Gasteiger partial charge in [0.25, 0.3) is 0 Å². The molecule has 0 aliphatic heterocycles. The van der Waals surface area contributed by atoms with Crippen molar-refractivity contribution >= 4 is 27.5 Å². The molecule has 1 nitrogen and oxygen atoms in total. The summed E-state index contributed by atoms with van der Waals surface area (Å²) in [5.41, 5.74) is 0.244. The molecule has 0 saturated heterocycles. The highest BCUT2D eigenvalue weighted by atomic mass is 79.9. The molecular weight excluding hydrogens is 343 g/mol. The second-order valence-corrected chi connectivity index (χ2v) is 7.54. The zero-order chi connectivity index (χ0) is 14.2. The van der Waals surface area contributed by atoms with E-state index in [0.29, 0.717) is 15.6 Å². The molecule has 0 amide bonds. The average Bonchev–Trinajstić information content (AvgIpc) is 2.69. The third-order valence-corrected chi connectivity index (χ3v) is 6.46. The van der Waals surface area contributed by atoms with Gasteiger partial charge in [-0.2, -0.15) is 0 Å². The molecule has 0 aromatic heterocycles. The number of benzene rings is 1. The summed E-state index contributed by atoms with van der Waals surface area (Å²) < 4.78 is 19.2. The quantitative estimate of drug-likeness (QED) is 0.611. The van der Waals surface area contributed by atoms with Gasteiger partial charge in [0.05, 0.1) is 5.02 Å². The van der Waals surface area contributed by atoms with Gasteiger partial charge in [-0.25, -0.2) is 4.39 Å². The first kappa shape index (κ1) is 14.6. The molecule has 2 fully saturated rings. The van der Waals surface area contributed by atoms with Crippen molar-refractivity contribution in [2.45, 2.75) is 55.9 Å². The fourth-order valence-corrected chi connectivity index (χ4v) is 4.91. The van der Waals surface area contributed by atoms with Crippen molar-refractivity contribution in [1.82, 2.24) is 0 Å². The van der Waals surface area contributed by atoms with Crippen molar-refractivity contribution in [3.63, 3.8) is 0 Å². The van der Waals surface area contributed by atoms with Crippen LogP contribution in [0.2, 0.25) is 5.02 Å². The van der Waals surface area contributed by atoms with Crippen molar-refractivity contribution in [3.8, 4) is 5.75 Å². The summed E-state index contributed by atoms with van der Waals surface area (Å²) in [5, 5.41) is 0.367. The van der Waals surface area contributed by atoms with Crippen molar-refractivity contribution < 1.29 is 9.13 Å². The minimum atomic E-state index is -0.321. The summed E-state index contributed by atoms with van der Waals surface area (Å²) >= 11 is 9.90. The van der Waals surface area contributed by atoms with Gasteiger partial charge >= 0.3 is 0 Å². The monoisotopic (exact) mass is 360 g/mol. The molecule has 2 saturated carbocycles. The Hall–Kier alpha value is -0.280. The number of hydrogen-bond acceptors (Lipinski definition) is 1. The first-order valence-corrected chi connectivity index (χ1v) is 8.67. The Kier molecular flexibility index (Phi) is 4.28. The lowest BCUT2D eigenvalue weighted by Gasteiger charge is -2.53. The highest BCUT2D eigenvalue weighted by Crippen LogP contribution is 2.56. The van der Waals surface area contributed by atoms with Crippen LogP contribution in [0.5, 0.6) is 5.75 Å². The average molecular weight is 362 g/mol. The van der Waals surface area contributed by atoms with E-state index in [1.165, 1.54) is 50.7 Å². The summed E-state index contributed by atoms with van der Waals surface area (Å²) in [6, 6.07) is 4.37. The van der Waals surface area contributed by atoms with Crippen molar-refractivity contribution in [3.05, 3.63) is 29.0 Å². The van der Waals surface area contributed by atoms with Gasteiger partial charge in [-0.3, -0.25) is 0 Å². The highest BCUT2D eigenvalue weighted by molar-refractivity contribution is 9.09. The Bertz CT molecular complexity index is 485. The smallest absolute Gasteiger partial charge is 0.138 e. The lowest BCUT2D eigenvalue weighted by atomic mass is 9.61. The van der Waals surface area contributed by atoms with Crippen LogP contribution in [0.4, 0.5) is 4.39 Å². The van der Waals surface area contributed by atoms with Crippen LogP contribution in [0, 0.1) is 11.2 Å². The van der Waals surface area contributed by atoms with Gasteiger partial charge in [0.1, 0.15) is 17.7 Å². The van der Waals surface area contributed by atoms with Crippen LogP contribution in [0.3, 0.4) is 0 Å². The van der Waals surface area contributed by atoms with Crippen LogP contribution in [-0.4, -0.2) is 10.9 Å². The maximum Gasteiger partial charge on any atom is 0.138 e. The molecule has 1 spiro atoms. The van der Waals surface area contributed by atoms with E-state index in [-0.39, 0.29) is 17.3 Å². The highest BCUT2D eigenvalue weighted by Gasteiger charge is 2.55. The van der Waals surface area contributed by atoms with Crippen LogP contribution in [-0.2, 0) is 0 Å². The van der Waals surface area contributed by atoms with Crippen molar-refractivity contribution in [2.75, 3.05) is 0 Å². The van der Waals surface area contributed by atoms with E-state index in [1.54, 1.807) is 6.07 Å². The lowest BCUT2D eigenvalue weighted by Crippen LogP contribution is -2.56. The molecule has 2 unspecified atom stereocenters. The lowest BCUT2D eigenvalue weighted by molar-refractivity contribution is -0.0461. The summed E-state index contributed by atoms with van der Waals surface area (Å²) in [7, 11) is 0. The van der Waals surface area contributed by atoms with Crippen LogP contribution in [0.25, 0.3) is 0 Å². The van der Waals surface area contributed by atoms with Gasteiger partial charge in [-0.15, -0.1) is 0 Å². The third-order valence-electron chi connectivity index (χ3n) is 4.88. The van der Waals surface area contributed by atoms with Crippen molar-refractivity contribution in [1.29, 1.82) is 0 Å². The largest absolute Gasteiger partial charge is 0.488 e. The molecule has 0 radical (unpaired) electrons. The van der Waals surface area contributed by atoms with E-state index in [4.69, 9.17) is 16.3 Å². The van der Waals surface area contributed by atoms with E-state index in [2.05, 4.69) is 15.9 Å². The molecule has 4 heteroatoms. The van der Waals surface area contributed by atoms with Gasteiger partial charge in [-0.1, -0.05) is 53.2 Å². The zero-order valence-electron chi connectivity index (χ0n) is 11.4. The topological polar surface area (TPSA) is 9.23 Å². The Morgan fingerprint density at radius 2 is 1.90 bits per heavy atom. The Balaban J connectivity index is 1.76. The maximum absolute atomic E-state index is 13.1. The normalized spacial score (nSPS) is 28.8. The number of alkyl halides is 1. The molecule has 1 aromatic carbocycles. The maximum atomic E-state index is 13.1.